The van der Waals surface area contributed by atoms with Gasteiger partial charge >= 0.3 is 0 Å². The van der Waals surface area contributed by atoms with E-state index in [0.717, 1.165) is 0 Å². The zero-order valence-corrected chi connectivity index (χ0v) is 13.1. The summed E-state index contributed by atoms with van der Waals surface area (Å²) in [6.45, 7) is 5.21. The van der Waals surface area contributed by atoms with Crippen LogP contribution in [0.1, 0.15) is 31.1 Å². The second-order valence-corrected chi connectivity index (χ2v) is 6.95. The normalized spacial score (nSPS) is 12.1. The SMILES string of the molecule is CNC(=O)c1ccc(OC)c(S(=O)(=O)NC(C)(C)C)c1. The molecule has 0 bridgehead atoms. The van der Waals surface area contributed by atoms with Gasteiger partial charge in [0.1, 0.15) is 10.6 Å². The molecule has 0 aliphatic heterocycles. The monoisotopic (exact) mass is 300 g/mol. The van der Waals surface area contributed by atoms with Gasteiger partial charge in [0.15, 0.2) is 0 Å². The number of sulfonamides is 1. The predicted molar refractivity (Wildman–Crippen MR) is 76.5 cm³/mol. The second kappa shape index (κ2) is 5.80. The molecule has 0 unspecified atom stereocenters. The first-order valence-corrected chi connectivity index (χ1v) is 7.53. The second-order valence-electron chi connectivity index (χ2n) is 5.30. The van der Waals surface area contributed by atoms with Crippen molar-refractivity contribution in [3.63, 3.8) is 0 Å². The highest BCUT2D eigenvalue weighted by Gasteiger charge is 2.26. The summed E-state index contributed by atoms with van der Waals surface area (Å²) in [5.41, 5.74) is -0.380. The van der Waals surface area contributed by atoms with E-state index in [1.54, 1.807) is 20.8 Å². The number of hydrogen-bond acceptors (Lipinski definition) is 4. The standard InChI is InChI=1S/C13H20N2O4S/c1-13(2,3)15-20(17,18)11-8-9(12(16)14-4)6-7-10(11)19-5/h6-8,15H,1-5H3,(H,14,16). The number of carbonyl (C=O) groups excluding carboxylic acids is 1. The molecule has 0 spiro atoms. The van der Waals surface area contributed by atoms with Gasteiger partial charge < -0.3 is 10.1 Å². The fourth-order valence-electron chi connectivity index (χ4n) is 1.63. The molecule has 0 aromatic heterocycles. The maximum Gasteiger partial charge on any atom is 0.251 e. The lowest BCUT2D eigenvalue weighted by Gasteiger charge is -2.21. The molecule has 1 aromatic carbocycles. The summed E-state index contributed by atoms with van der Waals surface area (Å²) in [6, 6.07) is 4.27. The molecule has 112 valence electrons. The van der Waals surface area contributed by atoms with Crippen molar-refractivity contribution < 1.29 is 17.9 Å². The molecule has 0 aliphatic rings. The number of rotatable bonds is 4. The zero-order valence-electron chi connectivity index (χ0n) is 12.3. The van der Waals surface area contributed by atoms with E-state index >= 15 is 0 Å². The fraction of sp³-hybridized carbons (Fsp3) is 0.462. The third-order valence-corrected chi connectivity index (χ3v) is 4.16. The van der Waals surface area contributed by atoms with Crippen LogP contribution in [0.3, 0.4) is 0 Å². The Morgan fingerprint density at radius 3 is 2.30 bits per heavy atom. The third kappa shape index (κ3) is 3.94. The highest BCUT2D eigenvalue weighted by Crippen LogP contribution is 2.26. The van der Waals surface area contributed by atoms with E-state index in [1.807, 2.05) is 0 Å². The average Bonchev–Trinajstić information content (AvgIpc) is 2.34. The Hall–Kier alpha value is -1.60. The van der Waals surface area contributed by atoms with Crippen LogP contribution in [0.4, 0.5) is 0 Å². The van der Waals surface area contributed by atoms with Crippen molar-refractivity contribution in [1.29, 1.82) is 0 Å². The number of amides is 1. The summed E-state index contributed by atoms with van der Waals surface area (Å²) in [5.74, 6) is -0.172. The lowest BCUT2D eigenvalue weighted by atomic mass is 10.1. The van der Waals surface area contributed by atoms with Crippen LogP contribution in [-0.4, -0.2) is 34.0 Å². The molecule has 0 radical (unpaired) electrons. The molecule has 2 N–H and O–H groups in total. The number of nitrogens with one attached hydrogen (secondary N) is 2. The van der Waals surface area contributed by atoms with Gasteiger partial charge in [0.2, 0.25) is 10.0 Å². The van der Waals surface area contributed by atoms with Gasteiger partial charge in [-0.05, 0) is 39.0 Å². The van der Waals surface area contributed by atoms with Crippen molar-refractivity contribution in [2.75, 3.05) is 14.2 Å². The Morgan fingerprint density at radius 1 is 1.25 bits per heavy atom. The van der Waals surface area contributed by atoms with Crippen LogP contribution in [0.25, 0.3) is 0 Å². The topological polar surface area (TPSA) is 84.5 Å². The van der Waals surface area contributed by atoms with E-state index in [1.165, 1.54) is 32.4 Å². The van der Waals surface area contributed by atoms with Gasteiger partial charge in [-0.15, -0.1) is 0 Å². The molecule has 0 saturated carbocycles. The third-order valence-electron chi connectivity index (χ3n) is 2.38. The highest BCUT2D eigenvalue weighted by molar-refractivity contribution is 7.89. The molecule has 1 rings (SSSR count). The largest absolute Gasteiger partial charge is 0.495 e. The van der Waals surface area contributed by atoms with Crippen molar-refractivity contribution in [3.05, 3.63) is 23.8 Å². The van der Waals surface area contributed by atoms with Crippen molar-refractivity contribution in [2.45, 2.75) is 31.2 Å². The summed E-state index contributed by atoms with van der Waals surface area (Å²) in [7, 11) is -0.920. The van der Waals surface area contributed by atoms with E-state index in [2.05, 4.69) is 10.0 Å². The van der Waals surface area contributed by atoms with Gasteiger partial charge in [-0.25, -0.2) is 13.1 Å². The molecular weight excluding hydrogens is 280 g/mol. The molecule has 0 heterocycles. The summed E-state index contributed by atoms with van der Waals surface area (Å²) in [5, 5.41) is 2.45. The minimum absolute atomic E-state index is 0.0592. The van der Waals surface area contributed by atoms with E-state index < -0.39 is 15.6 Å². The molecule has 0 saturated heterocycles. The van der Waals surface area contributed by atoms with Gasteiger partial charge in [-0.2, -0.15) is 0 Å². The smallest absolute Gasteiger partial charge is 0.251 e. The van der Waals surface area contributed by atoms with E-state index in [4.69, 9.17) is 4.74 Å². The predicted octanol–water partition coefficient (Wildman–Crippen LogP) is 1.13. The maximum absolute atomic E-state index is 12.4. The van der Waals surface area contributed by atoms with Crippen molar-refractivity contribution in [2.24, 2.45) is 0 Å². The van der Waals surface area contributed by atoms with Crippen LogP contribution in [-0.2, 0) is 10.0 Å². The lowest BCUT2D eigenvalue weighted by molar-refractivity contribution is 0.0963. The molecule has 20 heavy (non-hydrogen) atoms. The quantitative estimate of drug-likeness (QED) is 0.873. The lowest BCUT2D eigenvalue weighted by Crippen LogP contribution is -2.40. The van der Waals surface area contributed by atoms with Crippen LogP contribution < -0.4 is 14.8 Å². The Bertz CT molecular complexity index is 603. The van der Waals surface area contributed by atoms with Crippen LogP contribution in [0, 0.1) is 0 Å². The van der Waals surface area contributed by atoms with Gasteiger partial charge in [0, 0.05) is 18.2 Å². The summed E-state index contributed by atoms with van der Waals surface area (Å²) in [6.07, 6.45) is 0. The Balaban J connectivity index is 3.37. The summed E-state index contributed by atoms with van der Waals surface area (Å²) in [4.78, 5) is 11.6. The molecule has 0 aliphatic carbocycles. The Kier molecular flexibility index (Phi) is 4.77. The van der Waals surface area contributed by atoms with Crippen molar-refractivity contribution >= 4 is 15.9 Å². The molecule has 0 fully saturated rings. The summed E-state index contributed by atoms with van der Waals surface area (Å²) < 4.78 is 32.3. The van der Waals surface area contributed by atoms with Crippen LogP contribution in [0.5, 0.6) is 5.75 Å². The molecule has 7 heteroatoms. The van der Waals surface area contributed by atoms with Crippen LogP contribution >= 0.6 is 0 Å². The van der Waals surface area contributed by atoms with Crippen LogP contribution in [0.2, 0.25) is 0 Å². The van der Waals surface area contributed by atoms with Crippen LogP contribution in [0.15, 0.2) is 23.1 Å². The first-order valence-electron chi connectivity index (χ1n) is 6.05. The van der Waals surface area contributed by atoms with Crippen molar-refractivity contribution in [3.8, 4) is 5.75 Å². The minimum atomic E-state index is -3.78. The number of ether oxygens (including phenoxy) is 1. The number of benzene rings is 1. The fourth-order valence-corrected chi connectivity index (χ4v) is 3.24. The molecule has 6 nitrogen and oxygen atoms in total. The van der Waals surface area contributed by atoms with Gasteiger partial charge in [-0.1, -0.05) is 0 Å². The molecule has 0 atom stereocenters. The van der Waals surface area contributed by atoms with Gasteiger partial charge in [0.25, 0.3) is 5.91 Å². The maximum atomic E-state index is 12.4. The summed E-state index contributed by atoms with van der Waals surface area (Å²) >= 11 is 0. The number of methoxy groups -OCH3 is 1. The van der Waals surface area contributed by atoms with Gasteiger partial charge in [-0.3, -0.25) is 4.79 Å². The first kappa shape index (κ1) is 16.5. The number of carbonyl (C=O) groups is 1. The van der Waals surface area contributed by atoms with Gasteiger partial charge in [0.05, 0.1) is 7.11 Å². The average molecular weight is 300 g/mol. The zero-order chi connectivity index (χ0) is 15.6. The number of hydrogen-bond donors (Lipinski definition) is 2. The van der Waals surface area contributed by atoms with Crippen molar-refractivity contribution in [1.82, 2.24) is 10.0 Å². The van der Waals surface area contributed by atoms with E-state index in [9.17, 15) is 13.2 Å². The molecular formula is C13H20N2O4S. The Labute approximate surface area is 119 Å². The highest BCUT2D eigenvalue weighted by atomic mass is 32.2. The minimum Gasteiger partial charge on any atom is -0.495 e. The Morgan fingerprint density at radius 2 is 1.85 bits per heavy atom. The molecule has 1 aromatic rings. The van der Waals surface area contributed by atoms with E-state index in [0.29, 0.717) is 0 Å². The molecule has 1 amide bonds. The first-order chi connectivity index (χ1) is 9.10. The van der Waals surface area contributed by atoms with E-state index in [-0.39, 0.29) is 22.1 Å².